The molecule has 1 aliphatic rings. The summed E-state index contributed by atoms with van der Waals surface area (Å²) in [6, 6.07) is 0. The highest BCUT2D eigenvalue weighted by Gasteiger charge is 2.37. The molecule has 1 saturated carbocycles. The van der Waals surface area contributed by atoms with Crippen molar-refractivity contribution in [1.82, 2.24) is 14.7 Å². The number of rotatable bonds is 6. The van der Waals surface area contributed by atoms with Gasteiger partial charge in [0.15, 0.2) is 0 Å². The molecular formula is C12H20BrN3O2. The maximum Gasteiger partial charge on any atom is 0.123 e. The highest BCUT2D eigenvalue weighted by molar-refractivity contribution is 9.10. The van der Waals surface area contributed by atoms with Crippen molar-refractivity contribution in [2.45, 2.75) is 31.6 Å². The minimum atomic E-state index is -0.864. The highest BCUT2D eigenvalue weighted by Crippen LogP contribution is 2.39. The molecule has 0 saturated heterocycles. The molecule has 0 aliphatic heterocycles. The molecule has 1 heterocycles. The Kier molecular flexibility index (Phi) is 4.42. The first-order chi connectivity index (χ1) is 8.50. The van der Waals surface area contributed by atoms with Gasteiger partial charge in [0.25, 0.3) is 0 Å². The van der Waals surface area contributed by atoms with E-state index in [0.29, 0.717) is 12.2 Å². The molecule has 2 unspecified atom stereocenters. The molecule has 0 amide bonds. The molecule has 2 rings (SSSR count). The lowest BCUT2D eigenvalue weighted by atomic mass is 10.1. The van der Waals surface area contributed by atoms with Crippen LogP contribution in [0.2, 0.25) is 0 Å². The number of hydrogen-bond acceptors (Lipinski definition) is 4. The van der Waals surface area contributed by atoms with Gasteiger partial charge in [-0.05, 0) is 48.8 Å². The largest absolute Gasteiger partial charge is 0.390 e. The molecule has 2 atom stereocenters. The van der Waals surface area contributed by atoms with E-state index in [2.05, 4.69) is 25.9 Å². The van der Waals surface area contributed by atoms with Crippen LogP contribution in [0.5, 0.6) is 0 Å². The van der Waals surface area contributed by atoms with Crippen molar-refractivity contribution in [3.8, 4) is 0 Å². The molecule has 5 nitrogen and oxygen atoms in total. The number of halogens is 1. The summed E-state index contributed by atoms with van der Waals surface area (Å²) < 4.78 is 2.52. The van der Waals surface area contributed by atoms with Crippen molar-refractivity contribution >= 4 is 15.9 Å². The zero-order valence-electron chi connectivity index (χ0n) is 10.8. The fourth-order valence-electron chi connectivity index (χ4n) is 2.00. The van der Waals surface area contributed by atoms with Crippen LogP contribution in [0.3, 0.4) is 0 Å². The number of aliphatic hydroxyl groups is 2. The molecule has 2 N–H and O–H groups in total. The van der Waals surface area contributed by atoms with Gasteiger partial charge in [-0.15, -0.1) is 0 Å². The van der Waals surface area contributed by atoms with Crippen LogP contribution in [0.1, 0.15) is 24.6 Å². The van der Waals surface area contributed by atoms with E-state index < -0.39 is 12.2 Å². The van der Waals surface area contributed by atoms with Crippen molar-refractivity contribution < 1.29 is 10.2 Å². The summed E-state index contributed by atoms with van der Waals surface area (Å²) in [4.78, 5) is 2.06. The van der Waals surface area contributed by atoms with Crippen molar-refractivity contribution in [3.05, 3.63) is 16.4 Å². The molecule has 1 aromatic rings. The standard InChI is InChI=1S/C12H20BrN3O2/c1-15(2)5-6-16-10(9(13)7-14-16)12(18)11(17)8-3-4-8/h7-8,11-12,17-18H,3-6H2,1-2H3. The SMILES string of the molecule is CN(C)CCn1ncc(Br)c1C(O)C(O)C1CC1. The van der Waals surface area contributed by atoms with Gasteiger partial charge in [0.1, 0.15) is 6.10 Å². The van der Waals surface area contributed by atoms with Crippen LogP contribution in [0.25, 0.3) is 0 Å². The third-order valence-corrected chi connectivity index (χ3v) is 3.91. The topological polar surface area (TPSA) is 61.5 Å². The lowest BCUT2D eigenvalue weighted by molar-refractivity contribution is -0.000759. The molecule has 0 spiro atoms. The molecule has 102 valence electrons. The zero-order chi connectivity index (χ0) is 13.3. The normalized spacial score (nSPS) is 19.2. The summed E-state index contributed by atoms with van der Waals surface area (Å²) in [7, 11) is 3.99. The summed E-state index contributed by atoms with van der Waals surface area (Å²) in [5, 5.41) is 24.5. The number of aliphatic hydroxyl groups excluding tert-OH is 2. The van der Waals surface area contributed by atoms with Crippen LogP contribution >= 0.6 is 15.9 Å². The van der Waals surface area contributed by atoms with E-state index >= 15 is 0 Å². The van der Waals surface area contributed by atoms with Gasteiger partial charge in [-0.3, -0.25) is 4.68 Å². The second-order valence-corrected chi connectivity index (χ2v) is 6.03. The summed E-state index contributed by atoms with van der Waals surface area (Å²) in [5.74, 6) is 0.240. The van der Waals surface area contributed by atoms with Gasteiger partial charge in [-0.2, -0.15) is 5.10 Å². The van der Waals surface area contributed by atoms with E-state index in [0.717, 1.165) is 23.9 Å². The van der Waals surface area contributed by atoms with Crippen molar-refractivity contribution in [2.24, 2.45) is 5.92 Å². The monoisotopic (exact) mass is 317 g/mol. The predicted octanol–water partition coefficient (Wildman–Crippen LogP) is 1.01. The lowest BCUT2D eigenvalue weighted by Crippen LogP contribution is -2.26. The fraction of sp³-hybridized carbons (Fsp3) is 0.750. The zero-order valence-corrected chi connectivity index (χ0v) is 12.3. The van der Waals surface area contributed by atoms with Crippen LogP contribution in [-0.2, 0) is 6.54 Å². The molecule has 0 radical (unpaired) electrons. The van der Waals surface area contributed by atoms with E-state index in [4.69, 9.17) is 0 Å². The Morgan fingerprint density at radius 3 is 2.72 bits per heavy atom. The van der Waals surface area contributed by atoms with E-state index in [1.165, 1.54) is 0 Å². The molecular weight excluding hydrogens is 298 g/mol. The smallest absolute Gasteiger partial charge is 0.123 e. The maximum absolute atomic E-state index is 10.3. The van der Waals surface area contributed by atoms with Gasteiger partial charge in [0, 0.05) is 6.54 Å². The Morgan fingerprint density at radius 2 is 2.17 bits per heavy atom. The average molecular weight is 318 g/mol. The number of likely N-dealkylation sites (N-methyl/N-ethyl adjacent to an activating group) is 1. The first kappa shape index (κ1) is 14.0. The summed E-state index contributed by atoms with van der Waals surface area (Å²) in [6.45, 7) is 1.54. The summed E-state index contributed by atoms with van der Waals surface area (Å²) in [5.41, 5.74) is 0.677. The van der Waals surface area contributed by atoms with E-state index in [1.54, 1.807) is 10.9 Å². The first-order valence-corrected chi connectivity index (χ1v) is 7.02. The Bertz CT molecular complexity index is 404. The molecule has 0 aromatic carbocycles. The third-order valence-electron chi connectivity index (χ3n) is 3.30. The van der Waals surface area contributed by atoms with E-state index in [9.17, 15) is 10.2 Å². The molecule has 1 fully saturated rings. The van der Waals surface area contributed by atoms with Crippen molar-refractivity contribution in [3.63, 3.8) is 0 Å². The van der Waals surface area contributed by atoms with E-state index in [-0.39, 0.29) is 5.92 Å². The van der Waals surface area contributed by atoms with E-state index in [1.807, 2.05) is 14.1 Å². The maximum atomic E-state index is 10.3. The first-order valence-electron chi connectivity index (χ1n) is 6.22. The van der Waals surface area contributed by atoms with Gasteiger partial charge >= 0.3 is 0 Å². The summed E-state index contributed by atoms with van der Waals surface area (Å²) >= 11 is 3.39. The minimum Gasteiger partial charge on any atom is -0.390 e. The van der Waals surface area contributed by atoms with Gasteiger partial charge in [-0.1, -0.05) is 0 Å². The van der Waals surface area contributed by atoms with Gasteiger partial charge in [-0.25, -0.2) is 0 Å². The van der Waals surface area contributed by atoms with Gasteiger partial charge in [0.05, 0.1) is 29.0 Å². The van der Waals surface area contributed by atoms with Crippen LogP contribution in [0.4, 0.5) is 0 Å². The Labute approximate surface area is 116 Å². The fourth-order valence-corrected chi connectivity index (χ4v) is 2.53. The third kappa shape index (κ3) is 3.12. The van der Waals surface area contributed by atoms with Crippen molar-refractivity contribution in [1.29, 1.82) is 0 Å². The average Bonchev–Trinajstić information content (AvgIpc) is 3.09. The minimum absolute atomic E-state index is 0.240. The molecule has 6 heteroatoms. The summed E-state index contributed by atoms with van der Waals surface area (Å²) in [6.07, 6.45) is 2.13. The Balaban J connectivity index is 2.11. The quantitative estimate of drug-likeness (QED) is 0.822. The molecule has 18 heavy (non-hydrogen) atoms. The highest BCUT2D eigenvalue weighted by atomic mass is 79.9. The Morgan fingerprint density at radius 1 is 1.50 bits per heavy atom. The number of aromatic nitrogens is 2. The van der Waals surface area contributed by atoms with Gasteiger partial charge < -0.3 is 15.1 Å². The van der Waals surface area contributed by atoms with Crippen LogP contribution in [0.15, 0.2) is 10.7 Å². The second kappa shape index (κ2) is 5.69. The molecule has 0 bridgehead atoms. The predicted molar refractivity (Wildman–Crippen MR) is 72.2 cm³/mol. The lowest BCUT2D eigenvalue weighted by Gasteiger charge is -2.20. The van der Waals surface area contributed by atoms with Crippen LogP contribution in [0, 0.1) is 5.92 Å². The molecule has 1 aliphatic carbocycles. The van der Waals surface area contributed by atoms with Crippen molar-refractivity contribution in [2.75, 3.05) is 20.6 Å². The molecule has 1 aromatic heterocycles. The van der Waals surface area contributed by atoms with Crippen LogP contribution in [-0.4, -0.2) is 51.6 Å². The second-order valence-electron chi connectivity index (χ2n) is 5.18. The number of hydrogen-bond donors (Lipinski definition) is 2. The van der Waals surface area contributed by atoms with Gasteiger partial charge in [0.2, 0.25) is 0 Å². The Hall–Kier alpha value is -0.430. The van der Waals surface area contributed by atoms with Crippen LogP contribution < -0.4 is 0 Å². The number of nitrogens with zero attached hydrogens (tertiary/aromatic N) is 3.